The van der Waals surface area contributed by atoms with E-state index >= 15 is 0 Å². The van der Waals surface area contributed by atoms with Crippen molar-refractivity contribution in [1.29, 1.82) is 0 Å². The molecule has 1 saturated heterocycles. The Labute approximate surface area is 169 Å². The average Bonchev–Trinajstić information content (AvgIpc) is 3.03. The molecule has 11 heteroatoms. The number of carbonyl (C=O) groups excluding carboxylic acids is 1. The molecule has 1 amide bonds. The van der Waals surface area contributed by atoms with Crippen LogP contribution in [0.15, 0.2) is 28.6 Å². The average molecular weight is 437 g/mol. The van der Waals surface area contributed by atoms with E-state index < -0.39 is 42.6 Å². The van der Waals surface area contributed by atoms with Gasteiger partial charge in [0.2, 0.25) is 0 Å². The summed E-state index contributed by atoms with van der Waals surface area (Å²) in [7, 11) is 0. The Bertz CT molecular complexity index is 819. The number of azo groups is 1. The summed E-state index contributed by atoms with van der Waals surface area (Å²) in [5.74, 6) is -0.481. The van der Waals surface area contributed by atoms with E-state index in [4.69, 9.17) is 39.5 Å². The lowest BCUT2D eigenvalue weighted by Crippen LogP contribution is -2.46. The van der Waals surface area contributed by atoms with Crippen molar-refractivity contribution < 1.29 is 24.9 Å². The zero-order chi connectivity index (χ0) is 19.9. The van der Waals surface area contributed by atoms with Gasteiger partial charge in [-0.15, -0.1) is 5.11 Å². The van der Waals surface area contributed by atoms with E-state index in [1.165, 1.54) is 18.0 Å². The highest BCUT2D eigenvalue weighted by Crippen LogP contribution is 2.48. The van der Waals surface area contributed by atoms with Crippen LogP contribution in [-0.4, -0.2) is 57.9 Å². The molecule has 0 saturated carbocycles. The van der Waals surface area contributed by atoms with Crippen molar-refractivity contribution in [3.8, 4) is 0 Å². The highest BCUT2D eigenvalue weighted by molar-refractivity contribution is 6.42. The second-order valence-electron chi connectivity index (χ2n) is 6.07. The fourth-order valence-corrected chi connectivity index (χ4v) is 3.77. The van der Waals surface area contributed by atoms with E-state index in [2.05, 4.69) is 10.2 Å². The molecule has 5 atom stereocenters. The lowest BCUT2D eigenvalue weighted by atomic mass is 10.1. The molecule has 1 aromatic rings. The summed E-state index contributed by atoms with van der Waals surface area (Å²) in [6.45, 7) is 0.782. The molecule has 3 rings (SSSR count). The predicted octanol–water partition coefficient (Wildman–Crippen LogP) is 2.16. The third-order valence-corrected chi connectivity index (χ3v) is 5.48. The minimum absolute atomic E-state index is 0.252. The van der Waals surface area contributed by atoms with Gasteiger partial charge >= 0.3 is 0 Å². The summed E-state index contributed by atoms with van der Waals surface area (Å²) >= 11 is 18.8. The zero-order valence-electron chi connectivity index (χ0n) is 14.0. The Morgan fingerprint density at radius 2 is 1.96 bits per heavy atom. The fourth-order valence-electron chi connectivity index (χ4n) is 3.06. The molecule has 0 spiro atoms. The van der Waals surface area contributed by atoms with Gasteiger partial charge in [0.05, 0.1) is 22.9 Å². The quantitative estimate of drug-likeness (QED) is 0.380. The highest BCUT2D eigenvalue weighted by Gasteiger charge is 2.50. The number of amides is 1. The topological polar surface area (TPSA) is 115 Å². The van der Waals surface area contributed by atoms with Crippen LogP contribution in [0.2, 0.25) is 10.0 Å². The second-order valence-corrected chi connectivity index (χ2v) is 7.30. The predicted molar refractivity (Wildman–Crippen MR) is 99.9 cm³/mol. The van der Waals surface area contributed by atoms with Gasteiger partial charge in [-0.2, -0.15) is 5.11 Å². The van der Waals surface area contributed by atoms with Gasteiger partial charge in [0.1, 0.15) is 23.8 Å². The molecule has 3 N–H and O–H groups in total. The highest BCUT2D eigenvalue weighted by atomic mass is 35.5. The Hall–Kier alpha value is -1.26. The standard InChI is InChI=1S/C16H16Cl3N3O5/c1-6(24)21-20-4-8-7-2-9(17)10(18)3-11(7)22(15(8)19)16-14(26)13(25)12(5-23)27-16/h2-4,12-16,23,25-26H,5H2,1H3/t12-,13-,14-,15?,16-/m1/s1. The normalized spacial score (nSPS) is 31.9. The van der Waals surface area contributed by atoms with Crippen LogP contribution in [0.5, 0.6) is 0 Å². The molecule has 0 bridgehead atoms. The van der Waals surface area contributed by atoms with Crippen LogP contribution in [0.3, 0.4) is 0 Å². The van der Waals surface area contributed by atoms with Gasteiger partial charge in [-0.05, 0) is 12.1 Å². The van der Waals surface area contributed by atoms with Gasteiger partial charge in [0.25, 0.3) is 5.91 Å². The van der Waals surface area contributed by atoms with Crippen molar-refractivity contribution >= 4 is 52.0 Å². The summed E-state index contributed by atoms with van der Waals surface area (Å²) in [5.41, 5.74) is 0.617. The number of aliphatic hydroxyl groups is 3. The molecule has 2 heterocycles. The smallest absolute Gasteiger partial charge is 0.261 e. The minimum Gasteiger partial charge on any atom is -0.394 e. The number of nitrogens with zero attached hydrogens (tertiary/aromatic N) is 3. The molecule has 27 heavy (non-hydrogen) atoms. The number of halogens is 3. The monoisotopic (exact) mass is 435 g/mol. The van der Waals surface area contributed by atoms with Crippen molar-refractivity contribution in [2.24, 2.45) is 10.2 Å². The van der Waals surface area contributed by atoms with E-state index in [0.717, 1.165) is 0 Å². The van der Waals surface area contributed by atoms with Gasteiger partial charge in [0.15, 0.2) is 6.23 Å². The largest absolute Gasteiger partial charge is 0.394 e. The number of hydrogen-bond acceptors (Lipinski definition) is 7. The Kier molecular flexibility index (Phi) is 6.07. The van der Waals surface area contributed by atoms with Crippen LogP contribution in [0, 0.1) is 0 Å². The van der Waals surface area contributed by atoms with Crippen molar-refractivity contribution in [2.75, 3.05) is 11.5 Å². The van der Waals surface area contributed by atoms with Crippen molar-refractivity contribution in [3.63, 3.8) is 0 Å². The van der Waals surface area contributed by atoms with Crippen molar-refractivity contribution in [1.82, 2.24) is 0 Å². The van der Waals surface area contributed by atoms with Crippen molar-refractivity contribution in [3.05, 3.63) is 33.9 Å². The van der Waals surface area contributed by atoms with Gasteiger partial charge in [-0.1, -0.05) is 34.8 Å². The van der Waals surface area contributed by atoms with Crippen molar-refractivity contribution in [2.45, 2.75) is 37.0 Å². The van der Waals surface area contributed by atoms with Gasteiger partial charge in [0, 0.05) is 23.7 Å². The molecule has 8 nitrogen and oxygen atoms in total. The number of hydrogen-bond donors (Lipinski definition) is 3. The number of ether oxygens (including phenoxy) is 1. The Balaban J connectivity index is 2.06. The number of rotatable bonds is 3. The molecule has 1 aromatic carbocycles. The second kappa shape index (κ2) is 8.00. The summed E-state index contributed by atoms with van der Waals surface area (Å²) in [6.07, 6.45) is -3.33. The van der Waals surface area contributed by atoms with E-state index in [9.17, 15) is 20.1 Å². The fraction of sp³-hybridized carbons (Fsp3) is 0.438. The summed E-state index contributed by atoms with van der Waals surface area (Å²) in [4.78, 5) is 12.5. The molecule has 2 aliphatic heterocycles. The van der Waals surface area contributed by atoms with Crippen LogP contribution in [-0.2, 0) is 9.53 Å². The third kappa shape index (κ3) is 3.71. The molecule has 1 fully saturated rings. The van der Waals surface area contributed by atoms with Crippen LogP contribution in [0.4, 0.5) is 5.69 Å². The van der Waals surface area contributed by atoms with Crippen LogP contribution >= 0.6 is 34.8 Å². The third-order valence-electron chi connectivity index (χ3n) is 4.32. The van der Waals surface area contributed by atoms with E-state index in [-0.39, 0.29) is 10.0 Å². The summed E-state index contributed by atoms with van der Waals surface area (Å²) in [5, 5.41) is 37.4. The van der Waals surface area contributed by atoms with Gasteiger partial charge in [-0.25, -0.2) is 0 Å². The first-order valence-corrected chi connectivity index (χ1v) is 9.11. The Morgan fingerprint density at radius 3 is 2.56 bits per heavy atom. The molecular weight excluding hydrogens is 421 g/mol. The summed E-state index contributed by atoms with van der Waals surface area (Å²) < 4.78 is 5.59. The Morgan fingerprint density at radius 1 is 1.30 bits per heavy atom. The van der Waals surface area contributed by atoms with Gasteiger partial charge in [-0.3, -0.25) is 4.79 Å². The molecule has 2 aliphatic rings. The number of fused-ring (bicyclic) bond motifs is 1. The van der Waals surface area contributed by atoms with Crippen LogP contribution < -0.4 is 4.90 Å². The van der Waals surface area contributed by atoms with E-state index in [0.29, 0.717) is 16.8 Å². The number of aliphatic hydroxyl groups excluding tert-OH is 3. The minimum atomic E-state index is -1.33. The molecule has 146 valence electrons. The molecule has 1 unspecified atom stereocenters. The molecule has 0 radical (unpaired) electrons. The maximum atomic E-state index is 11.0. The first-order chi connectivity index (χ1) is 12.8. The van der Waals surface area contributed by atoms with Crippen LogP contribution in [0.1, 0.15) is 12.5 Å². The maximum absolute atomic E-state index is 11.0. The maximum Gasteiger partial charge on any atom is 0.261 e. The number of alkyl halides is 1. The zero-order valence-corrected chi connectivity index (χ0v) is 16.2. The molecular formula is C16H16Cl3N3O5. The lowest BCUT2D eigenvalue weighted by molar-refractivity contribution is -0.116. The SMILES string of the molecule is CC(=O)N=NC=C1c2cc(Cl)c(Cl)cc2N([C@@H]2O[C@H](CO)[C@@H](O)[C@H]2O)C1Cl. The van der Waals surface area contributed by atoms with Crippen LogP contribution in [0.25, 0.3) is 5.57 Å². The number of benzene rings is 1. The van der Waals surface area contributed by atoms with E-state index in [1.807, 2.05) is 0 Å². The van der Waals surface area contributed by atoms with E-state index in [1.54, 1.807) is 12.1 Å². The first-order valence-electron chi connectivity index (χ1n) is 7.92. The summed E-state index contributed by atoms with van der Waals surface area (Å²) in [6, 6.07) is 3.12. The molecule has 0 aromatic heterocycles. The number of carbonyl (C=O) groups is 1. The lowest BCUT2D eigenvalue weighted by Gasteiger charge is -2.31. The molecule has 0 aliphatic carbocycles. The van der Waals surface area contributed by atoms with Gasteiger partial charge < -0.3 is 25.0 Å². The first kappa shape index (κ1) is 20.5. The number of anilines is 1.